The van der Waals surface area contributed by atoms with E-state index in [9.17, 15) is 14.4 Å². The van der Waals surface area contributed by atoms with Gasteiger partial charge >= 0.3 is 17.8 Å². The van der Waals surface area contributed by atoms with Gasteiger partial charge < -0.3 is 24.6 Å². The standard InChI is InChI=1S/C13H15NO7/c1-4-21-13(18)11(15)14-8-6-10(20-3)9(19-2)5-7(8)12(16)17/h5-6H,4H2,1-3H3,(H,14,15)(H,16,17). The van der Waals surface area contributed by atoms with Crippen molar-refractivity contribution in [2.45, 2.75) is 6.92 Å². The molecule has 114 valence electrons. The van der Waals surface area contributed by atoms with Gasteiger partial charge in [-0.25, -0.2) is 9.59 Å². The third-order valence-corrected chi connectivity index (χ3v) is 2.46. The van der Waals surface area contributed by atoms with Crippen LogP contribution in [0.1, 0.15) is 17.3 Å². The lowest BCUT2D eigenvalue weighted by Gasteiger charge is -2.13. The fourth-order valence-electron chi connectivity index (χ4n) is 1.53. The number of rotatable bonds is 5. The Kier molecular flexibility index (Phi) is 5.53. The van der Waals surface area contributed by atoms with Crippen LogP contribution >= 0.6 is 0 Å². The number of benzene rings is 1. The third-order valence-electron chi connectivity index (χ3n) is 2.46. The molecule has 1 aromatic carbocycles. The van der Waals surface area contributed by atoms with Gasteiger partial charge in [0.1, 0.15) is 0 Å². The van der Waals surface area contributed by atoms with E-state index in [0.29, 0.717) is 0 Å². The molecule has 0 unspecified atom stereocenters. The summed E-state index contributed by atoms with van der Waals surface area (Å²) in [7, 11) is 2.70. The number of esters is 1. The number of ether oxygens (including phenoxy) is 3. The van der Waals surface area contributed by atoms with E-state index in [1.807, 2.05) is 0 Å². The van der Waals surface area contributed by atoms with Gasteiger partial charge in [-0.1, -0.05) is 0 Å². The number of hydrogen-bond donors (Lipinski definition) is 2. The van der Waals surface area contributed by atoms with Crippen LogP contribution in [0.25, 0.3) is 0 Å². The number of anilines is 1. The van der Waals surface area contributed by atoms with E-state index in [2.05, 4.69) is 10.1 Å². The summed E-state index contributed by atoms with van der Waals surface area (Å²) in [6, 6.07) is 2.43. The first kappa shape index (κ1) is 16.3. The highest BCUT2D eigenvalue weighted by atomic mass is 16.5. The topological polar surface area (TPSA) is 111 Å². The molecule has 0 aliphatic rings. The summed E-state index contributed by atoms with van der Waals surface area (Å²) in [4.78, 5) is 34.1. The van der Waals surface area contributed by atoms with Crippen LogP contribution in [-0.4, -0.2) is 43.8 Å². The average Bonchev–Trinajstić information content (AvgIpc) is 2.46. The molecule has 1 rings (SSSR count). The SMILES string of the molecule is CCOC(=O)C(=O)Nc1cc(OC)c(OC)cc1C(=O)O. The van der Waals surface area contributed by atoms with Crippen molar-refractivity contribution in [3.05, 3.63) is 17.7 Å². The van der Waals surface area contributed by atoms with Gasteiger partial charge in [0.2, 0.25) is 0 Å². The lowest BCUT2D eigenvalue weighted by Crippen LogP contribution is -2.26. The number of methoxy groups -OCH3 is 2. The van der Waals surface area contributed by atoms with E-state index in [-0.39, 0.29) is 29.4 Å². The van der Waals surface area contributed by atoms with E-state index in [0.717, 1.165) is 0 Å². The van der Waals surface area contributed by atoms with Crippen molar-refractivity contribution in [2.24, 2.45) is 0 Å². The number of hydrogen-bond acceptors (Lipinski definition) is 6. The van der Waals surface area contributed by atoms with Crippen LogP contribution in [0.5, 0.6) is 11.5 Å². The van der Waals surface area contributed by atoms with Crippen molar-refractivity contribution in [3.63, 3.8) is 0 Å². The molecule has 21 heavy (non-hydrogen) atoms. The summed E-state index contributed by atoms with van der Waals surface area (Å²) < 4.78 is 14.5. The van der Waals surface area contributed by atoms with Gasteiger partial charge in [-0.05, 0) is 6.92 Å². The van der Waals surface area contributed by atoms with Crippen LogP contribution in [0.4, 0.5) is 5.69 Å². The molecule has 0 radical (unpaired) electrons. The number of carbonyl (C=O) groups is 3. The minimum Gasteiger partial charge on any atom is -0.493 e. The van der Waals surface area contributed by atoms with Crippen LogP contribution in [0.2, 0.25) is 0 Å². The highest BCUT2D eigenvalue weighted by Crippen LogP contribution is 2.33. The highest BCUT2D eigenvalue weighted by molar-refractivity contribution is 6.37. The second-order valence-corrected chi connectivity index (χ2v) is 3.73. The molecule has 0 fully saturated rings. The second-order valence-electron chi connectivity index (χ2n) is 3.73. The van der Waals surface area contributed by atoms with E-state index in [4.69, 9.17) is 14.6 Å². The first-order valence-corrected chi connectivity index (χ1v) is 5.92. The quantitative estimate of drug-likeness (QED) is 0.613. The predicted molar refractivity (Wildman–Crippen MR) is 71.8 cm³/mol. The summed E-state index contributed by atoms with van der Waals surface area (Å²) in [5.41, 5.74) is -0.344. The van der Waals surface area contributed by atoms with Crippen LogP contribution in [0, 0.1) is 0 Å². The molecule has 0 atom stereocenters. The summed E-state index contributed by atoms with van der Waals surface area (Å²) in [5, 5.41) is 11.3. The zero-order valence-corrected chi connectivity index (χ0v) is 11.8. The molecule has 0 spiro atoms. The maximum Gasteiger partial charge on any atom is 0.397 e. The molecule has 8 nitrogen and oxygen atoms in total. The first-order valence-electron chi connectivity index (χ1n) is 5.92. The summed E-state index contributed by atoms with van der Waals surface area (Å²) in [5.74, 6) is -3.09. The smallest absolute Gasteiger partial charge is 0.397 e. The second kappa shape index (κ2) is 7.13. The van der Waals surface area contributed by atoms with Gasteiger partial charge in [0.25, 0.3) is 0 Å². The van der Waals surface area contributed by atoms with Gasteiger partial charge in [-0.15, -0.1) is 0 Å². The van der Waals surface area contributed by atoms with Gasteiger partial charge in [-0.3, -0.25) is 4.79 Å². The molecule has 1 amide bonds. The first-order chi connectivity index (χ1) is 9.94. The molecular weight excluding hydrogens is 282 g/mol. The minimum atomic E-state index is -1.30. The molecule has 0 aromatic heterocycles. The zero-order chi connectivity index (χ0) is 16.0. The summed E-state index contributed by atoms with van der Waals surface area (Å²) in [6.45, 7) is 1.58. The Labute approximate surface area is 120 Å². The number of aromatic carboxylic acids is 1. The fourth-order valence-corrected chi connectivity index (χ4v) is 1.53. The number of amides is 1. The van der Waals surface area contributed by atoms with Crippen molar-refractivity contribution < 1.29 is 33.7 Å². The summed E-state index contributed by atoms with van der Waals surface area (Å²) in [6.07, 6.45) is 0. The highest BCUT2D eigenvalue weighted by Gasteiger charge is 2.21. The maximum absolute atomic E-state index is 11.6. The zero-order valence-electron chi connectivity index (χ0n) is 11.8. The minimum absolute atomic E-state index is 0.0317. The lowest BCUT2D eigenvalue weighted by atomic mass is 10.1. The van der Waals surface area contributed by atoms with Gasteiger partial charge in [-0.2, -0.15) is 0 Å². The molecule has 0 saturated heterocycles. The number of carboxylic acids is 1. The van der Waals surface area contributed by atoms with E-state index >= 15 is 0 Å². The van der Waals surface area contributed by atoms with Crippen molar-refractivity contribution in [1.82, 2.24) is 0 Å². The molecule has 2 N–H and O–H groups in total. The Morgan fingerprint density at radius 3 is 2.19 bits per heavy atom. The Hall–Kier alpha value is -2.77. The van der Waals surface area contributed by atoms with Crippen molar-refractivity contribution in [2.75, 3.05) is 26.1 Å². The van der Waals surface area contributed by atoms with Crippen molar-refractivity contribution in [1.29, 1.82) is 0 Å². The number of carbonyl (C=O) groups excluding carboxylic acids is 2. The fraction of sp³-hybridized carbons (Fsp3) is 0.308. The molecule has 0 saturated carbocycles. The average molecular weight is 297 g/mol. The summed E-state index contributed by atoms with van der Waals surface area (Å²) >= 11 is 0. The predicted octanol–water partition coefficient (Wildman–Crippen LogP) is 0.904. The Balaban J connectivity index is 3.18. The lowest BCUT2D eigenvalue weighted by molar-refractivity contribution is -0.152. The number of nitrogens with one attached hydrogen (secondary N) is 1. The van der Waals surface area contributed by atoms with E-state index in [1.54, 1.807) is 6.92 Å². The van der Waals surface area contributed by atoms with E-state index < -0.39 is 17.8 Å². The molecule has 0 heterocycles. The van der Waals surface area contributed by atoms with Gasteiger partial charge in [0.05, 0.1) is 32.1 Å². The largest absolute Gasteiger partial charge is 0.493 e. The molecule has 0 bridgehead atoms. The monoisotopic (exact) mass is 297 g/mol. The van der Waals surface area contributed by atoms with E-state index in [1.165, 1.54) is 26.4 Å². The van der Waals surface area contributed by atoms with Crippen LogP contribution in [-0.2, 0) is 14.3 Å². The van der Waals surface area contributed by atoms with Crippen LogP contribution in [0.3, 0.4) is 0 Å². The van der Waals surface area contributed by atoms with Gasteiger partial charge in [0.15, 0.2) is 11.5 Å². The van der Waals surface area contributed by atoms with Crippen molar-refractivity contribution >= 4 is 23.5 Å². The van der Waals surface area contributed by atoms with Crippen molar-refractivity contribution in [3.8, 4) is 11.5 Å². The normalized spacial score (nSPS) is 9.67. The molecule has 8 heteroatoms. The third kappa shape index (κ3) is 3.85. The van der Waals surface area contributed by atoms with Crippen LogP contribution < -0.4 is 14.8 Å². The Bertz CT molecular complexity index is 568. The molecular formula is C13H15NO7. The number of carboxylic acid groups (broad SMARTS) is 1. The van der Waals surface area contributed by atoms with Crippen LogP contribution in [0.15, 0.2) is 12.1 Å². The van der Waals surface area contributed by atoms with Gasteiger partial charge in [0, 0.05) is 12.1 Å². The molecule has 1 aromatic rings. The molecule has 0 aliphatic heterocycles. The maximum atomic E-state index is 11.6. The Morgan fingerprint density at radius 2 is 1.71 bits per heavy atom. The molecule has 0 aliphatic carbocycles. The Morgan fingerprint density at radius 1 is 1.14 bits per heavy atom.